The summed E-state index contributed by atoms with van der Waals surface area (Å²) in [6, 6.07) is 9.39. The van der Waals surface area contributed by atoms with E-state index < -0.39 is 5.60 Å². The molecule has 7 heteroatoms. The van der Waals surface area contributed by atoms with Gasteiger partial charge in [-0.25, -0.2) is 0 Å². The number of fused-ring (bicyclic) bond motifs is 1. The van der Waals surface area contributed by atoms with Crippen LogP contribution in [0.15, 0.2) is 88.0 Å². The highest BCUT2D eigenvalue weighted by Gasteiger charge is 2.36. The van der Waals surface area contributed by atoms with Gasteiger partial charge in [0.05, 0.1) is 34.1 Å². The van der Waals surface area contributed by atoms with E-state index in [-0.39, 0.29) is 5.91 Å². The number of hydrogen-bond acceptors (Lipinski definition) is 6. The number of amides is 1. The zero-order valence-corrected chi connectivity index (χ0v) is 20.5. The maximum absolute atomic E-state index is 12.8. The van der Waals surface area contributed by atoms with Gasteiger partial charge in [-0.15, -0.1) is 0 Å². The van der Waals surface area contributed by atoms with Gasteiger partial charge in [0.2, 0.25) is 5.91 Å². The molecule has 1 aromatic heterocycles. The fourth-order valence-electron chi connectivity index (χ4n) is 4.31. The van der Waals surface area contributed by atoms with Crippen molar-refractivity contribution in [3.05, 3.63) is 100 Å². The zero-order chi connectivity index (χ0) is 25.2. The van der Waals surface area contributed by atoms with Crippen LogP contribution in [0.25, 0.3) is 11.1 Å². The summed E-state index contributed by atoms with van der Waals surface area (Å²) in [6.07, 6.45) is 8.73. The zero-order valence-electron chi connectivity index (χ0n) is 20.5. The molecule has 0 unspecified atom stereocenters. The smallest absolute Gasteiger partial charge is 0.244 e. The van der Waals surface area contributed by atoms with Gasteiger partial charge in [0.1, 0.15) is 23.0 Å². The van der Waals surface area contributed by atoms with Crippen molar-refractivity contribution in [2.45, 2.75) is 26.0 Å². The van der Waals surface area contributed by atoms with Gasteiger partial charge in [0.15, 0.2) is 5.60 Å². The average Bonchev–Trinajstić information content (AvgIpc) is 3.45. The van der Waals surface area contributed by atoms with Crippen LogP contribution in [-0.2, 0) is 20.8 Å². The van der Waals surface area contributed by atoms with Crippen LogP contribution in [0.4, 0.5) is 0 Å². The summed E-state index contributed by atoms with van der Waals surface area (Å²) in [5.41, 5.74) is 3.99. The Morgan fingerprint density at radius 3 is 2.40 bits per heavy atom. The summed E-state index contributed by atoms with van der Waals surface area (Å²) in [5.74, 6) is 1.90. The molecular weight excluding hydrogens is 446 g/mol. The SMILES string of the molecule is COC1=CC(=CC2=C(C)/C(=C\C(=O)NCc3ccco3)c3cc(OC)ccc32)C=C(OC)C1(C)O. The van der Waals surface area contributed by atoms with Gasteiger partial charge < -0.3 is 29.1 Å². The topological polar surface area (TPSA) is 90.2 Å². The van der Waals surface area contributed by atoms with E-state index in [2.05, 4.69) is 5.32 Å². The van der Waals surface area contributed by atoms with Crippen LogP contribution < -0.4 is 10.1 Å². The fourth-order valence-corrected chi connectivity index (χ4v) is 4.31. The summed E-state index contributed by atoms with van der Waals surface area (Å²) in [5, 5.41) is 13.7. The highest BCUT2D eigenvalue weighted by atomic mass is 16.5. The molecule has 1 heterocycles. The molecule has 0 atom stereocenters. The van der Waals surface area contributed by atoms with Crippen LogP contribution in [0.1, 0.15) is 30.7 Å². The van der Waals surface area contributed by atoms with Crippen LogP contribution in [0.2, 0.25) is 0 Å². The lowest BCUT2D eigenvalue weighted by Gasteiger charge is -2.30. The Balaban J connectivity index is 1.76. The molecular formula is C28H29NO6. The lowest BCUT2D eigenvalue weighted by Crippen LogP contribution is -2.33. The molecule has 0 saturated heterocycles. The Bertz CT molecular complexity index is 1260. The van der Waals surface area contributed by atoms with Crippen molar-refractivity contribution in [3.63, 3.8) is 0 Å². The van der Waals surface area contributed by atoms with Crippen molar-refractivity contribution < 1.29 is 28.5 Å². The molecule has 0 aliphatic heterocycles. The molecule has 0 spiro atoms. The van der Waals surface area contributed by atoms with Crippen LogP contribution in [-0.4, -0.2) is 37.9 Å². The van der Waals surface area contributed by atoms with Gasteiger partial charge in [-0.2, -0.15) is 0 Å². The second-order valence-corrected chi connectivity index (χ2v) is 8.45. The molecule has 2 N–H and O–H groups in total. The van der Waals surface area contributed by atoms with E-state index in [9.17, 15) is 9.90 Å². The number of benzene rings is 1. The van der Waals surface area contributed by atoms with Gasteiger partial charge >= 0.3 is 0 Å². The fraction of sp³-hybridized carbons (Fsp3) is 0.250. The number of aliphatic hydroxyl groups is 1. The van der Waals surface area contributed by atoms with E-state index in [0.29, 0.717) is 29.6 Å². The molecule has 4 rings (SSSR count). The number of methoxy groups -OCH3 is 3. The maximum atomic E-state index is 12.8. The maximum Gasteiger partial charge on any atom is 0.244 e. The van der Waals surface area contributed by atoms with E-state index in [1.54, 1.807) is 44.6 Å². The quantitative estimate of drug-likeness (QED) is 0.572. The Kier molecular flexibility index (Phi) is 6.71. The van der Waals surface area contributed by atoms with E-state index in [1.165, 1.54) is 14.2 Å². The second-order valence-electron chi connectivity index (χ2n) is 8.45. The number of hydrogen-bond donors (Lipinski definition) is 2. The molecule has 0 fully saturated rings. The van der Waals surface area contributed by atoms with Crippen LogP contribution in [0.3, 0.4) is 0 Å². The molecule has 182 valence electrons. The predicted octanol–water partition coefficient (Wildman–Crippen LogP) is 4.53. The minimum absolute atomic E-state index is 0.227. The Hall–Kier alpha value is -3.97. The Morgan fingerprint density at radius 2 is 1.80 bits per heavy atom. The summed E-state index contributed by atoms with van der Waals surface area (Å²) in [4.78, 5) is 12.8. The van der Waals surface area contributed by atoms with E-state index in [1.807, 2.05) is 37.3 Å². The van der Waals surface area contributed by atoms with Gasteiger partial charge in [0.25, 0.3) is 0 Å². The third-order valence-electron chi connectivity index (χ3n) is 6.21. The lowest BCUT2D eigenvalue weighted by atomic mass is 9.91. The predicted molar refractivity (Wildman–Crippen MR) is 133 cm³/mol. The molecule has 1 aromatic carbocycles. The number of furan rings is 1. The average molecular weight is 476 g/mol. The minimum atomic E-state index is -1.36. The molecule has 2 aromatic rings. The Morgan fingerprint density at radius 1 is 1.09 bits per heavy atom. The number of nitrogens with one attached hydrogen (secondary N) is 1. The standard InChI is InChI=1S/C28H29NO6/c1-17-22(11-18-12-25(33-4)28(2,31)26(13-18)34-5)21-9-8-19(32-3)14-24(21)23(17)15-27(30)29-16-20-7-6-10-35-20/h6-15,31H,16H2,1-5H3,(H,29,30)/b18-11?,23-15+. The first-order valence-corrected chi connectivity index (χ1v) is 11.2. The third kappa shape index (κ3) is 4.68. The lowest BCUT2D eigenvalue weighted by molar-refractivity contribution is -0.116. The molecule has 7 nitrogen and oxygen atoms in total. The molecule has 1 amide bonds. The van der Waals surface area contributed by atoms with Gasteiger partial charge in [-0.3, -0.25) is 4.79 Å². The number of rotatable bonds is 7. The van der Waals surface area contributed by atoms with Crippen LogP contribution in [0.5, 0.6) is 5.75 Å². The first-order chi connectivity index (χ1) is 16.8. The summed E-state index contributed by atoms with van der Waals surface area (Å²) < 4.78 is 21.6. The van der Waals surface area contributed by atoms with Crippen LogP contribution in [0, 0.1) is 0 Å². The number of carbonyl (C=O) groups is 1. The molecule has 0 radical (unpaired) electrons. The van der Waals surface area contributed by atoms with E-state index >= 15 is 0 Å². The van der Waals surface area contributed by atoms with Gasteiger partial charge in [-0.05, 0) is 89.8 Å². The molecule has 2 aliphatic carbocycles. The Labute approximate surface area is 204 Å². The van der Waals surface area contributed by atoms with Gasteiger partial charge in [0, 0.05) is 6.08 Å². The van der Waals surface area contributed by atoms with Crippen molar-refractivity contribution in [1.29, 1.82) is 0 Å². The highest BCUT2D eigenvalue weighted by molar-refractivity contribution is 6.09. The normalized spacial score (nSPS) is 20.3. The molecule has 0 bridgehead atoms. The largest absolute Gasteiger partial charge is 0.498 e. The molecule has 2 aliphatic rings. The number of ether oxygens (including phenoxy) is 3. The first kappa shape index (κ1) is 24.2. The number of carbonyl (C=O) groups excluding carboxylic acids is 1. The summed E-state index contributed by atoms with van der Waals surface area (Å²) in [6.45, 7) is 3.90. The third-order valence-corrected chi connectivity index (χ3v) is 6.21. The number of allylic oxidation sites excluding steroid dienone is 7. The minimum Gasteiger partial charge on any atom is -0.498 e. The van der Waals surface area contributed by atoms with Gasteiger partial charge in [-0.1, -0.05) is 6.07 Å². The highest BCUT2D eigenvalue weighted by Crippen LogP contribution is 2.44. The summed E-state index contributed by atoms with van der Waals surface area (Å²) in [7, 11) is 4.64. The molecule has 0 saturated carbocycles. The van der Waals surface area contributed by atoms with Crippen molar-refractivity contribution >= 4 is 17.1 Å². The monoisotopic (exact) mass is 475 g/mol. The van der Waals surface area contributed by atoms with E-state index in [4.69, 9.17) is 18.6 Å². The van der Waals surface area contributed by atoms with Crippen LogP contribution >= 0.6 is 0 Å². The first-order valence-electron chi connectivity index (χ1n) is 11.2. The second kappa shape index (κ2) is 9.72. The summed E-state index contributed by atoms with van der Waals surface area (Å²) >= 11 is 0. The molecule has 35 heavy (non-hydrogen) atoms. The van der Waals surface area contributed by atoms with Crippen molar-refractivity contribution in [2.24, 2.45) is 0 Å². The van der Waals surface area contributed by atoms with Crippen molar-refractivity contribution in [1.82, 2.24) is 5.32 Å². The van der Waals surface area contributed by atoms with Crippen molar-refractivity contribution in [3.8, 4) is 5.75 Å². The van der Waals surface area contributed by atoms with E-state index in [0.717, 1.165) is 33.4 Å². The van der Waals surface area contributed by atoms with Crippen molar-refractivity contribution in [2.75, 3.05) is 21.3 Å².